The smallest absolute Gasteiger partial charge is 0.335 e. The van der Waals surface area contributed by atoms with E-state index in [1.807, 2.05) is 13.8 Å². The van der Waals surface area contributed by atoms with Crippen molar-refractivity contribution in [3.05, 3.63) is 0 Å². The van der Waals surface area contributed by atoms with Crippen LogP contribution in [0.4, 0.5) is 0 Å². The number of esters is 1. The van der Waals surface area contributed by atoms with Crippen LogP contribution in [0.25, 0.3) is 0 Å². The lowest BCUT2D eigenvalue weighted by Gasteiger charge is -2.32. The Hall–Kier alpha value is -0.570. The van der Waals surface area contributed by atoms with E-state index in [-0.39, 0.29) is 11.6 Å². The lowest BCUT2D eigenvalue weighted by atomic mass is 10.1. The number of hydrogen-bond donors (Lipinski definition) is 0. The molecule has 0 saturated carbocycles. The van der Waals surface area contributed by atoms with E-state index in [2.05, 4.69) is 0 Å². The molecule has 1 atom stereocenters. The van der Waals surface area contributed by atoms with Gasteiger partial charge in [-0.15, -0.1) is 0 Å². The van der Waals surface area contributed by atoms with Gasteiger partial charge in [-0.1, -0.05) is 0 Å². The minimum atomic E-state index is -0.413. The van der Waals surface area contributed by atoms with Gasteiger partial charge in [0.2, 0.25) is 0 Å². The molecule has 0 N–H and O–H groups in total. The average molecular weight is 144 g/mol. The molecule has 3 heteroatoms. The first-order chi connectivity index (χ1) is 4.51. The molecule has 1 saturated heterocycles. The molecule has 0 amide bonds. The molecule has 1 aliphatic heterocycles. The van der Waals surface area contributed by atoms with Gasteiger partial charge in [0.1, 0.15) is 6.61 Å². The van der Waals surface area contributed by atoms with Gasteiger partial charge in [0.25, 0.3) is 0 Å². The number of rotatable bonds is 0. The Morgan fingerprint density at radius 2 is 2.20 bits per heavy atom. The third-order valence-corrected chi connectivity index (χ3v) is 1.39. The van der Waals surface area contributed by atoms with Gasteiger partial charge in [-0.2, -0.15) is 0 Å². The van der Waals surface area contributed by atoms with Gasteiger partial charge in [0.15, 0.2) is 6.10 Å². The van der Waals surface area contributed by atoms with Crippen molar-refractivity contribution >= 4 is 5.97 Å². The van der Waals surface area contributed by atoms with Gasteiger partial charge in [-0.05, 0) is 20.8 Å². The van der Waals surface area contributed by atoms with E-state index >= 15 is 0 Å². The van der Waals surface area contributed by atoms with Crippen molar-refractivity contribution in [1.82, 2.24) is 0 Å². The Labute approximate surface area is 60.3 Å². The zero-order valence-corrected chi connectivity index (χ0v) is 6.51. The number of ether oxygens (including phenoxy) is 2. The summed E-state index contributed by atoms with van der Waals surface area (Å²) in [6.07, 6.45) is -0.413. The fourth-order valence-corrected chi connectivity index (χ4v) is 0.923. The summed E-state index contributed by atoms with van der Waals surface area (Å²) < 4.78 is 10.2. The summed E-state index contributed by atoms with van der Waals surface area (Å²) in [6.45, 7) is 5.85. The van der Waals surface area contributed by atoms with Crippen LogP contribution in [0.5, 0.6) is 0 Å². The van der Waals surface area contributed by atoms with Crippen LogP contribution in [0, 0.1) is 0 Å². The Balaban J connectivity index is 2.57. The van der Waals surface area contributed by atoms with Crippen LogP contribution in [0.3, 0.4) is 0 Å². The number of hydrogen-bond acceptors (Lipinski definition) is 3. The van der Waals surface area contributed by atoms with E-state index in [9.17, 15) is 4.79 Å². The maximum Gasteiger partial charge on any atom is 0.335 e. The fraction of sp³-hybridized carbons (Fsp3) is 0.857. The molecule has 10 heavy (non-hydrogen) atoms. The van der Waals surface area contributed by atoms with E-state index < -0.39 is 6.10 Å². The lowest BCUT2D eigenvalue weighted by Crippen LogP contribution is -2.44. The summed E-state index contributed by atoms with van der Waals surface area (Å²) in [5.74, 6) is -0.265. The van der Waals surface area contributed by atoms with Gasteiger partial charge < -0.3 is 9.47 Å². The quantitative estimate of drug-likeness (QED) is 0.470. The zero-order valence-electron chi connectivity index (χ0n) is 6.51. The van der Waals surface area contributed by atoms with Gasteiger partial charge in [0.05, 0.1) is 5.60 Å². The lowest BCUT2D eigenvalue weighted by molar-refractivity contribution is -0.197. The van der Waals surface area contributed by atoms with Crippen LogP contribution in [0.15, 0.2) is 0 Å². The van der Waals surface area contributed by atoms with Crippen LogP contribution < -0.4 is 0 Å². The monoisotopic (exact) mass is 144 g/mol. The van der Waals surface area contributed by atoms with Crippen molar-refractivity contribution in [1.29, 1.82) is 0 Å². The second-order valence-corrected chi connectivity index (χ2v) is 3.13. The molecule has 1 unspecified atom stereocenters. The van der Waals surface area contributed by atoms with E-state index in [1.165, 1.54) is 0 Å². The Morgan fingerprint density at radius 3 is 2.60 bits per heavy atom. The van der Waals surface area contributed by atoms with Crippen LogP contribution in [0.2, 0.25) is 0 Å². The molecule has 0 aromatic heterocycles. The molecule has 0 aliphatic carbocycles. The molecule has 0 spiro atoms. The van der Waals surface area contributed by atoms with E-state index in [4.69, 9.17) is 9.47 Å². The SMILES string of the molecule is CC1OC(C)(C)COC1=O. The van der Waals surface area contributed by atoms with E-state index in [1.54, 1.807) is 6.92 Å². The van der Waals surface area contributed by atoms with Gasteiger partial charge in [-0.3, -0.25) is 0 Å². The summed E-state index contributed by atoms with van der Waals surface area (Å²) in [5.41, 5.74) is -0.312. The average Bonchev–Trinajstić information content (AvgIpc) is 1.79. The van der Waals surface area contributed by atoms with Crippen LogP contribution in [-0.4, -0.2) is 24.3 Å². The van der Waals surface area contributed by atoms with E-state index in [0.29, 0.717) is 6.61 Å². The molecule has 0 radical (unpaired) electrons. The predicted molar refractivity (Wildman–Crippen MR) is 35.6 cm³/mol. The van der Waals surface area contributed by atoms with Crippen LogP contribution in [-0.2, 0) is 14.3 Å². The number of carbonyl (C=O) groups excluding carboxylic acids is 1. The summed E-state index contributed by atoms with van der Waals surface area (Å²) in [6, 6.07) is 0. The molecule has 3 nitrogen and oxygen atoms in total. The second kappa shape index (κ2) is 2.23. The Bertz CT molecular complexity index is 151. The third kappa shape index (κ3) is 1.48. The van der Waals surface area contributed by atoms with Gasteiger partial charge in [-0.25, -0.2) is 4.79 Å². The summed E-state index contributed by atoms with van der Waals surface area (Å²) in [4.78, 5) is 10.7. The van der Waals surface area contributed by atoms with Gasteiger partial charge in [0, 0.05) is 0 Å². The van der Waals surface area contributed by atoms with Gasteiger partial charge >= 0.3 is 5.97 Å². The molecule has 1 heterocycles. The molecule has 1 fully saturated rings. The maximum absolute atomic E-state index is 10.7. The van der Waals surface area contributed by atoms with Crippen molar-refractivity contribution in [3.63, 3.8) is 0 Å². The zero-order chi connectivity index (χ0) is 7.78. The molecular weight excluding hydrogens is 132 g/mol. The standard InChI is InChI=1S/C7H12O3/c1-5-6(8)9-4-7(2,3)10-5/h5H,4H2,1-3H3. The summed E-state index contributed by atoms with van der Waals surface area (Å²) in [7, 11) is 0. The highest BCUT2D eigenvalue weighted by Crippen LogP contribution is 2.18. The third-order valence-electron chi connectivity index (χ3n) is 1.39. The van der Waals surface area contributed by atoms with E-state index in [0.717, 1.165) is 0 Å². The normalized spacial score (nSPS) is 31.5. The number of cyclic esters (lactones) is 1. The molecule has 0 aromatic rings. The largest absolute Gasteiger partial charge is 0.461 e. The maximum atomic E-state index is 10.7. The number of carbonyl (C=O) groups is 1. The van der Waals surface area contributed by atoms with Crippen LogP contribution in [0.1, 0.15) is 20.8 Å². The summed E-state index contributed by atoms with van der Waals surface area (Å²) in [5, 5.41) is 0. The first-order valence-electron chi connectivity index (χ1n) is 3.36. The molecule has 0 bridgehead atoms. The Morgan fingerprint density at radius 1 is 1.60 bits per heavy atom. The highest BCUT2D eigenvalue weighted by atomic mass is 16.6. The molecule has 1 aliphatic rings. The van der Waals surface area contributed by atoms with Crippen molar-refractivity contribution in [3.8, 4) is 0 Å². The van der Waals surface area contributed by atoms with Crippen molar-refractivity contribution in [2.45, 2.75) is 32.5 Å². The minimum absolute atomic E-state index is 0.265. The Kier molecular flexibility index (Phi) is 1.68. The molecule has 0 aromatic carbocycles. The molecular formula is C7H12O3. The highest BCUT2D eigenvalue weighted by molar-refractivity contribution is 5.74. The minimum Gasteiger partial charge on any atom is -0.461 e. The van der Waals surface area contributed by atoms with Crippen LogP contribution >= 0.6 is 0 Å². The summed E-state index contributed by atoms with van der Waals surface area (Å²) >= 11 is 0. The first kappa shape index (κ1) is 7.54. The van der Waals surface area contributed by atoms with Crippen molar-refractivity contribution in [2.75, 3.05) is 6.61 Å². The first-order valence-corrected chi connectivity index (χ1v) is 3.36. The fourth-order valence-electron chi connectivity index (χ4n) is 0.923. The molecule has 1 rings (SSSR count). The topological polar surface area (TPSA) is 35.5 Å². The predicted octanol–water partition coefficient (Wildman–Crippen LogP) is 0.727. The van der Waals surface area contributed by atoms with Crippen molar-refractivity contribution in [2.24, 2.45) is 0 Å². The molecule has 58 valence electrons. The van der Waals surface area contributed by atoms with Crippen molar-refractivity contribution < 1.29 is 14.3 Å². The highest BCUT2D eigenvalue weighted by Gasteiger charge is 2.32. The second-order valence-electron chi connectivity index (χ2n) is 3.13.